The first-order valence-electron chi connectivity index (χ1n) is 11.2. The molecule has 3 rings (SSSR count). The van der Waals surface area contributed by atoms with Gasteiger partial charge in [0, 0.05) is 38.3 Å². The lowest BCUT2D eigenvalue weighted by Gasteiger charge is -2.34. The van der Waals surface area contributed by atoms with Gasteiger partial charge in [0.15, 0.2) is 5.96 Å². The van der Waals surface area contributed by atoms with Crippen LogP contribution in [0, 0.1) is 5.92 Å². The average Bonchev–Trinajstić information content (AvgIpc) is 2.78. The number of benzene rings is 1. The van der Waals surface area contributed by atoms with Gasteiger partial charge in [0.25, 0.3) is 0 Å². The summed E-state index contributed by atoms with van der Waals surface area (Å²) < 4.78 is 11.3. The van der Waals surface area contributed by atoms with E-state index in [-0.39, 0.29) is 11.8 Å². The van der Waals surface area contributed by atoms with Crippen molar-refractivity contribution < 1.29 is 14.3 Å². The second kappa shape index (κ2) is 11.9. The van der Waals surface area contributed by atoms with Crippen LogP contribution in [0.25, 0.3) is 0 Å². The monoisotopic (exact) mass is 439 g/mol. The number of guanidine groups is 1. The van der Waals surface area contributed by atoms with Gasteiger partial charge in [0.2, 0.25) is 11.8 Å². The molecule has 0 saturated carbocycles. The number of nitrogens with zero attached hydrogens (tertiary/aromatic N) is 3. The van der Waals surface area contributed by atoms with Crippen molar-refractivity contribution in [3.8, 4) is 17.4 Å². The van der Waals surface area contributed by atoms with Gasteiger partial charge in [0.05, 0.1) is 13.2 Å². The summed E-state index contributed by atoms with van der Waals surface area (Å²) in [6, 6.07) is 11.3. The van der Waals surface area contributed by atoms with E-state index in [2.05, 4.69) is 22.1 Å². The SMILES string of the molecule is CCNC(=NCc1ccnc(Oc2ccc(OCC)cc2)c1)N1CCCC(CC(N)=O)C1. The summed E-state index contributed by atoms with van der Waals surface area (Å²) in [6.45, 7) is 7.62. The molecule has 32 heavy (non-hydrogen) atoms. The Morgan fingerprint density at radius 3 is 2.75 bits per heavy atom. The van der Waals surface area contributed by atoms with Crippen LogP contribution in [0.2, 0.25) is 0 Å². The Kier molecular flexibility index (Phi) is 8.71. The van der Waals surface area contributed by atoms with Crippen LogP contribution in [0.3, 0.4) is 0 Å². The number of piperidine rings is 1. The number of amides is 1. The van der Waals surface area contributed by atoms with Gasteiger partial charge in [-0.15, -0.1) is 0 Å². The lowest BCUT2D eigenvalue weighted by Crippen LogP contribution is -2.47. The van der Waals surface area contributed by atoms with Crippen LogP contribution in [-0.2, 0) is 11.3 Å². The molecule has 1 atom stereocenters. The third kappa shape index (κ3) is 7.14. The summed E-state index contributed by atoms with van der Waals surface area (Å²) in [6.07, 6.45) is 4.20. The standard InChI is InChI=1S/C24H33N5O3/c1-3-26-24(29-13-5-6-19(17-29)14-22(25)30)28-16-18-11-12-27-23(15-18)32-21-9-7-20(8-10-21)31-4-2/h7-12,15,19H,3-6,13-14,16-17H2,1-2H3,(H2,25,30)(H,26,28). The van der Waals surface area contributed by atoms with E-state index in [0.29, 0.717) is 31.2 Å². The van der Waals surface area contributed by atoms with E-state index >= 15 is 0 Å². The smallest absolute Gasteiger partial charge is 0.219 e. The Hall–Kier alpha value is -3.29. The van der Waals surface area contributed by atoms with Crippen molar-refractivity contribution in [2.45, 2.75) is 39.7 Å². The van der Waals surface area contributed by atoms with Gasteiger partial charge in [-0.3, -0.25) is 4.79 Å². The highest BCUT2D eigenvalue weighted by atomic mass is 16.5. The van der Waals surface area contributed by atoms with Crippen LogP contribution in [0.5, 0.6) is 17.4 Å². The number of primary amides is 1. The first-order valence-corrected chi connectivity index (χ1v) is 11.2. The second-order valence-corrected chi connectivity index (χ2v) is 7.80. The Bertz CT molecular complexity index is 901. The van der Waals surface area contributed by atoms with Gasteiger partial charge in [-0.1, -0.05) is 0 Å². The molecule has 0 radical (unpaired) electrons. The molecule has 1 amide bonds. The van der Waals surface area contributed by atoms with Crippen molar-refractivity contribution in [1.29, 1.82) is 0 Å². The van der Waals surface area contributed by atoms with Gasteiger partial charge in [-0.05, 0) is 68.5 Å². The van der Waals surface area contributed by atoms with Crippen LogP contribution in [0.4, 0.5) is 0 Å². The molecule has 1 aromatic heterocycles. The van der Waals surface area contributed by atoms with E-state index in [4.69, 9.17) is 20.2 Å². The van der Waals surface area contributed by atoms with E-state index in [1.54, 1.807) is 6.20 Å². The molecular weight excluding hydrogens is 406 g/mol. The van der Waals surface area contributed by atoms with Crippen molar-refractivity contribution in [1.82, 2.24) is 15.2 Å². The fraction of sp³-hybridized carbons (Fsp3) is 0.458. The van der Waals surface area contributed by atoms with Gasteiger partial charge in [0.1, 0.15) is 11.5 Å². The lowest BCUT2D eigenvalue weighted by molar-refractivity contribution is -0.119. The zero-order chi connectivity index (χ0) is 22.8. The van der Waals surface area contributed by atoms with Gasteiger partial charge in [-0.25, -0.2) is 9.98 Å². The Morgan fingerprint density at radius 1 is 1.25 bits per heavy atom. The fourth-order valence-electron chi connectivity index (χ4n) is 3.80. The number of aliphatic imine (C=N–C) groups is 1. The number of aromatic nitrogens is 1. The number of carbonyl (C=O) groups excluding carboxylic acids is 1. The van der Waals surface area contributed by atoms with E-state index in [9.17, 15) is 4.79 Å². The Balaban J connectivity index is 1.64. The predicted molar refractivity (Wildman–Crippen MR) is 125 cm³/mol. The average molecular weight is 440 g/mol. The number of hydrogen-bond donors (Lipinski definition) is 2. The molecule has 2 heterocycles. The summed E-state index contributed by atoms with van der Waals surface area (Å²) in [5, 5.41) is 3.37. The zero-order valence-electron chi connectivity index (χ0n) is 18.9. The first kappa shape index (κ1) is 23.4. The molecule has 0 aliphatic carbocycles. The molecule has 1 saturated heterocycles. The van der Waals surface area contributed by atoms with Crippen LogP contribution in [0.15, 0.2) is 47.6 Å². The minimum Gasteiger partial charge on any atom is -0.494 e. The minimum atomic E-state index is -0.240. The van der Waals surface area contributed by atoms with Crippen LogP contribution in [-0.4, -0.2) is 48.0 Å². The molecular formula is C24H33N5O3. The van der Waals surface area contributed by atoms with Crippen molar-refractivity contribution in [3.05, 3.63) is 48.2 Å². The maximum atomic E-state index is 11.3. The first-order chi connectivity index (χ1) is 15.6. The Morgan fingerprint density at radius 2 is 2.03 bits per heavy atom. The molecule has 0 spiro atoms. The molecule has 8 heteroatoms. The fourth-order valence-corrected chi connectivity index (χ4v) is 3.80. The third-order valence-electron chi connectivity index (χ3n) is 5.21. The third-order valence-corrected chi connectivity index (χ3v) is 5.21. The molecule has 3 N–H and O–H groups in total. The van der Waals surface area contributed by atoms with E-state index < -0.39 is 0 Å². The highest BCUT2D eigenvalue weighted by Gasteiger charge is 2.23. The molecule has 172 valence electrons. The lowest BCUT2D eigenvalue weighted by atomic mass is 9.95. The summed E-state index contributed by atoms with van der Waals surface area (Å²) in [7, 11) is 0. The zero-order valence-corrected chi connectivity index (χ0v) is 18.9. The number of nitrogens with one attached hydrogen (secondary N) is 1. The van der Waals surface area contributed by atoms with Gasteiger partial charge >= 0.3 is 0 Å². The number of nitrogens with two attached hydrogens (primary N) is 1. The maximum absolute atomic E-state index is 11.3. The van der Waals surface area contributed by atoms with Crippen LogP contribution < -0.4 is 20.5 Å². The largest absolute Gasteiger partial charge is 0.494 e. The van der Waals surface area contributed by atoms with Gasteiger partial charge in [-0.2, -0.15) is 0 Å². The molecule has 1 fully saturated rings. The van der Waals surface area contributed by atoms with Crippen molar-refractivity contribution >= 4 is 11.9 Å². The number of rotatable bonds is 9. The molecule has 1 aliphatic rings. The van der Waals surface area contributed by atoms with Crippen molar-refractivity contribution in [2.75, 3.05) is 26.2 Å². The maximum Gasteiger partial charge on any atom is 0.219 e. The minimum absolute atomic E-state index is 0.240. The molecule has 0 bridgehead atoms. The number of carbonyl (C=O) groups is 1. The summed E-state index contributed by atoms with van der Waals surface area (Å²) in [4.78, 5) is 22.7. The molecule has 8 nitrogen and oxygen atoms in total. The molecule has 2 aromatic rings. The number of likely N-dealkylation sites (tertiary alicyclic amines) is 1. The van der Waals surface area contributed by atoms with E-state index in [1.165, 1.54) is 0 Å². The van der Waals surface area contributed by atoms with Crippen molar-refractivity contribution in [2.24, 2.45) is 16.6 Å². The molecule has 1 aliphatic heterocycles. The van der Waals surface area contributed by atoms with Crippen molar-refractivity contribution in [3.63, 3.8) is 0 Å². The van der Waals surface area contributed by atoms with E-state index in [0.717, 1.165) is 49.7 Å². The summed E-state index contributed by atoms with van der Waals surface area (Å²) >= 11 is 0. The molecule has 1 unspecified atom stereocenters. The predicted octanol–water partition coefficient (Wildman–Crippen LogP) is 3.33. The number of pyridine rings is 1. The second-order valence-electron chi connectivity index (χ2n) is 7.80. The normalized spacial score (nSPS) is 16.5. The highest BCUT2D eigenvalue weighted by Crippen LogP contribution is 2.23. The quantitative estimate of drug-likeness (QED) is 0.459. The van der Waals surface area contributed by atoms with Crippen LogP contribution >= 0.6 is 0 Å². The number of ether oxygens (including phenoxy) is 2. The Labute approximate surface area is 189 Å². The number of hydrogen-bond acceptors (Lipinski definition) is 5. The highest BCUT2D eigenvalue weighted by molar-refractivity contribution is 5.80. The summed E-state index contributed by atoms with van der Waals surface area (Å²) in [5.74, 6) is 2.92. The topological polar surface area (TPSA) is 102 Å². The summed E-state index contributed by atoms with van der Waals surface area (Å²) in [5.41, 5.74) is 6.40. The van der Waals surface area contributed by atoms with Gasteiger partial charge < -0.3 is 25.4 Å². The van der Waals surface area contributed by atoms with Crippen LogP contribution in [0.1, 0.15) is 38.7 Å². The van der Waals surface area contributed by atoms with E-state index in [1.807, 2.05) is 43.3 Å². The molecule has 1 aromatic carbocycles.